The maximum atomic E-state index is 13.2. The third-order valence-corrected chi connectivity index (χ3v) is 5.75. The number of thiazole rings is 1. The fourth-order valence-electron chi connectivity index (χ4n) is 3.07. The molecule has 0 radical (unpaired) electrons. The molecule has 0 saturated heterocycles. The van der Waals surface area contributed by atoms with E-state index in [-0.39, 0.29) is 18.1 Å². The van der Waals surface area contributed by atoms with Crippen LogP contribution in [0.15, 0.2) is 60.9 Å². The van der Waals surface area contributed by atoms with E-state index in [9.17, 15) is 9.18 Å². The Kier molecular flexibility index (Phi) is 5.56. The molecule has 4 nitrogen and oxygen atoms in total. The average Bonchev–Trinajstić information content (AvgIpc) is 3.12. The number of hydrogen-bond donors (Lipinski definition) is 0. The Hall–Kier alpha value is -2.83. The minimum Gasteiger partial charge on any atom is -0.283 e. The standard InChI is InChI=1S/C22H17ClFN3OS/c1-14-9-17(23)11-19-21(14)26-22(29-19)27(13-16-3-2-8-25-12-16)20(28)10-15-4-6-18(24)7-5-15/h2-9,11-12H,10,13H2,1H3. The monoisotopic (exact) mass is 425 g/mol. The number of anilines is 1. The number of nitrogens with zero attached hydrogens (tertiary/aromatic N) is 3. The van der Waals surface area contributed by atoms with E-state index in [1.54, 1.807) is 29.4 Å². The minimum absolute atomic E-state index is 0.122. The smallest absolute Gasteiger partial charge is 0.233 e. The van der Waals surface area contributed by atoms with Crippen molar-refractivity contribution in [3.05, 3.63) is 88.5 Å². The summed E-state index contributed by atoms with van der Waals surface area (Å²) in [7, 11) is 0. The van der Waals surface area contributed by atoms with Crippen molar-refractivity contribution in [3.8, 4) is 0 Å². The van der Waals surface area contributed by atoms with E-state index in [0.29, 0.717) is 16.7 Å². The summed E-state index contributed by atoms with van der Waals surface area (Å²) in [6.45, 7) is 2.30. The highest BCUT2D eigenvalue weighted by molar-refractivity contribution is 7.22. The maximum Gasteiger partial charge on any atom is 0.233 e. The number of hydrogen-bond acceptors (Lipinski definition) is 4. The van der Waals surface area contributed by atoms with Gasteiger partial charge in [0.25, 0.3) is 0 Å². The zero-order valence-electron chi connectivity index (χ0n) is 15.6. The van der Waals surface area contributed by atoms with Crippen LogP contribution >= 0.6 is 22.9 Å². The largest absolute Gasteiger partial charge is 0.283 e. The van der Waals surface area contributed by atoms with Crippen molar-refractivity contribution in [2.24, 2.45) is 0 Å². The van der Waals surface area contributed by atoms with E-state index in [2.05, 4.69) is 4.98 Å². The topological polar surface area (TPSA) is 46.1 Å². The second kappa shape index (κ2) is 8.27. The molecule has 2 heterocycles. The number of aromatic nitrogens is 2. The predicted molar refractivity (Wildman–Crippen MR) is 115 cm³/mol. The number of benzene rings is 2. The van der Waals surface area contributed by atoms with Gasteiger partial charge in [-0.3, -0.25) is 14.7 Å². The van der Waals surface area contributed by atoms with Crippen LogP contribution in [0.25, 0.3) is 10.2 Å². The van der Waals surface area contributed by atoms with Gasteiger partial charge in [-0.1, -0.05) is 41.1 Å². The lowest BCUT2D eigenvalue weighted by Crippen LogP contribution is -2.31. The van der Waals surface area contributed by atoms with Gasteiger partial charge in [-0.2, -0.15) is 0 Å². The first-order valence-corrected chi connectivity index (χ1v) is 10.2. The van der Waals surface area contributed by atoms with Crippen molar-refractivity contribution < 1.29 is 9.18 Å². The maximum absolute atomic E-state index is 13.2. The van der Waals surface area contributed by atoms with Gasteiger partial charge >= 0.3 is 0 Å². The van der Waals surface area contributed by atoms with Crippen LogP contribution in [-0.2, 0) is 17.8 Å². The zero-order valence-corrected chi connectivity index (χ0v) is 17.2. The SMILES string of the molecule is Cc1cc(Cl)cc2sc(N(Cc3cccnc3)C(=O)Cc3ccc(F)cc3)nc12. The van der Waals surface area contributed by atoms with E-state index < -0.39 is 0 Å². The lowest BCUT2D eigenvalue weighted by molar-refractivity contribution is -0.118. The number of carbonyl (C=O) groups excluding carboxylic acids is 1. The highest BCUT2D eigenvalue weighted by Crippen LogP contribution is 2.34. The molecule has 0 saturated carbocycles. The predicted octanol–water partition coefficient (Wildman–Crippen LogP) is 5.57. The summed E-state index contributed by atoms with van der Waals surface area (Å²) in [5.74, 6) is -0.449. The molecule has 0 bridgehead atoms. The summed E-state index contributed by atoms with van der Waals surface area (Å²) in [5, 5.41) is 1.24. The van der Waals surface area contributed by atoms with Gasteiger partial charge in [0.2, 0.25) is 5.91 Å². The van der Waals surface area contributed by atoms with Crippen LogP contribution in [0.3, 0.4) is 0 Å². The summed E-state index contributed by atoms with van der Waals surface area (Å²) < 4.78 is 14.1. The first kappa shape index (κ1) is 19.5. The molecule has 2 aromatic carbocycles. The van der Waals surface area contributed by atoms with Crippen molar-refractivity contribution in [2.75, 3.05) is 4.90 Å². The fraction of sp³-hybridized carbons (Fsp3) is 0.136. The summed E-state index contributed by atoms with van der Waals surface area (Å²) >= 11 is 7.61. The van der Waals surface area contributed by atoms with Gasteiger partial charge in [0.05, 0.1) is 23.2 Å². The lowest BCUT2D eigenvalue weighted by Gasteiger charge is -2.20. The number of fused-ring (bicyclic) bond motifs is 1. The van der Waals surface area contributed by atoms with E-state index in [4.69, 9.17) is 16.6 Å². The number of aryl methyl sites for hydroxylation is 1. The molecular formula is C22H17ClFN3OS. The molecule has 0 fully saturated rings. The molecule has 0 unspecified atom stereocenters. The summed E-state index contributed by atoms with van der Waals surface area (Å²) in [6, 6.07) is 13.4. The van der Waals surface area contributed by atoms with Crippen molar-refractivity contribution >= 4 is 44.2 Å². The molecule has 1 amide bonds. The van der Waals surface area contributed by atoms with Crippen LogP contribution in [0.4, 0.5) is 9.52 Å². The van der Waals surface area contributed by atoms with Crippen molar-refractivity contribution in [2.45, 2.75) is 19.9 Å². The molecule has 0 spiro atoms. The van der Waals surface area contributed by atoms with Crippen LogP contribution in [0.1, 0.15) is 16.7 Å². The number of carbonyl (C=O) groups is 1. The first-order valence-electron chi connectivity index (χ1n) is 9.00. The van der Waals surface area contributed by atoms with Gasteiger partial charge in [0.1, 0.15) is 5.82 Å². The summed E-state index contributed by atoms with van der Waals surface area (Å²) in [5.41, 5.74) is 3.43. The molecule has 146 valence electrons. The number of amides is 1. The number of halogens is 2. The Bertz CT molecular complexity index is 1160. The van der Waals surface area contributed by atoms with Crippen LogP contribution in [0.5, 0.6) is 0 Å². The normalized spacial score (nSPS) is 11.0. The second-order valence-electron chi connectivity index (χ2n) is 6.71. The van der Waals surface area contributed by atoms with Gasteiger partial charge in [-0.15, -0.1) is 0 Å². The lowest BCUT2D eigenvalue weighted by atomic mass is 10.1. The van der Waals surface area contributed by atoms with Crippen LogP contribution < -0.4 is 4.90 Å². The van der Waals surface area contributed by atoms with E-state index in [1.165, 1.54) is 23.5 Å². The Labute approximate surface area is 176 Å². The molecule has 0 aliphatic rings. The van der Waals surface area contributed by atoms with Gasteiger partial charge in [0.15, 0.2) is 5.13 Å². The second-order valence-corrected chi connectivity index (χ2v) is 8.16. The molecule has 0 N–H and O–H groups in total. The molecular weight excluding hydrogens is 409 g/mol. The van der Waals surface area contributed by atoms with E-state index >= 15 is 0 Å². The Morgan fingerprint density at radius 2 is 1.97 bits per heavy atom. The molecule has 0 atom stereocenters. The number of rotatable bonds is 5. The van der Waals surface area contributed by atoms with Gasteiger partial charge in [-0.05, 0) is 53.9 Å². The van der Waals surface area contributed by atoms with E-state index in [0.717, 1.165) is 26.9 Å². The van der Waals surface area contributed by atoms with Crippen LogP contribution in [-0.4, -0.2) is 15.9 Å². The van der Waals surface area contributed by atoms with Gasteiger partial charge < -0.3 is 0 Å². The van der Waals surface area contributed by atoms with Gasteiger partial charge in [0, 0.05) is 17.4 Å². The average molecular weight is 426 g/mol. The molecule has 2 aromatic heterocycles. The van der Waals surface area contributed by atoms with E-state index in [1.807, 2.05) is 31.2 Å². The molecule has 7 heteroatoms. The summed E-state index contributed by atoms with van der Waals surface area (Å²) in [6.07, 6.45) is 3.57. The highest BCUT2D eigenvalue weighted by Gasteiger charge is 2.21. The van der Waals surface area contributed by atoms with Crippen LogP contribution in [0, 0.1) is 12.7 Å². The van der Waals surface area contributed by atoms with Crippen LogP contribution in [0.2, 0.25) is 5.02 Å². The quantitative estimate of drug-likeness (QED) is 0.420. The first-order chi connectivity index (χ1) is 14.0. The Morgan fingerprint density at radius 3 is 2.69 bits per heavy atom. The zero-order chi connectivity index (χ0) is 20.4. The number of pyridine rings is 1. The Balaban J connectivity index is 1.70. The molecule has 0 aliphatic heterocycles. The van der Waals surface area contributed by atoms with Crippen molar-refractivity contribution in [1.29, 1.82) is 0 Å². The third-order valence-electron chi connectivity index (χ3n) is 4.50. The van der Waals surface area contributed by atoms with Crippen molar-refractivity contribution in [3.63, 3.8) is 0 Å². The summed E-state index contributed by atoms with van der Waals surface area (Å²) in [4.78, 5) is 23.7. The fourth-order valence-corrected chi connectivity index (χ4v) is 4.50. The highest BCUT2D eigenvalue weighted by atomic mass is 35.5. The van der Waals surface area contributed by atoms with Gasteiger partial charge in [-0.25, -0.2) is 9.37 Å². The molecule has 4 rings (SSSR count). The molecule has 29 heavy (non-hydrogen) atoms. The van der Waals surface area contributed by atoms with Crippen molar-refractivity contribution in [1.82, 2.24) is 9.97 Å². The Morgan fingerprint density at radius 1 is 1.17 bits per heavy atom. The minimum atomic E-state index is -0.327. The molecule has 4 aromatic rings. The third kappa shape index (κ3) is 4.44. The molecule has 0 aliphatic carbocycles.